The van der Waals surface area contributed by atoms with Crippen molar-refractivity contribution < 1.29 is 13.2 Å². The Bertz CT molecular complexity index is 402. The molecule has 18 heavy (non-hydrogen) atoms. The van der Waals surface area contributed by atoms with Crippen LogP contribution in [0.15, 0.2) is 22.7 Å². The van der Waals surface area contributed by atoms with Gasteiger partial charge in [-0.15, -0.1) is 0 Å². The highest BCUT2D eigenvalue weighted by Gasteiger charge is 2.34. The van der Waals surface area contributed by atoms with Crippen LogP contribution in [-0.4, -0.2) is 6.04 Å². The summed E-state index contributed by atoms with van der Waals surface area (Å²) < 4.78 is 39.2. The Morgan fingerprint density at radius 3 is 2.33 bits per heavy atom. The molecular formula is C13H17BrF3N. The van der Waals surface area contributed by atoms with E-state index >= 15 is 0 Å². The van der Waals surface area contributed by atoms with E-state index in [0.29, 0.717) is 4.47 Å². The van der Waals surface area contributed by atoms with E-state index in [0.717, 1.165) is 12.5 Å². The van der Waals surface area contributed by atoms with E-state index in [-0.39, 0.29) is 17.6 Å². The Morgan fingerprint density at radius 1 is 1.28 bits per heavy atom. The molecule has 1 N–H and O–H groups in total. The number of nitrogens with one attached hydrogen (secondary N) is 1. The second-order valence-electron chi connectivity index (χ2n) is 4.59. The molecule has 0 fully saturated rings. The van der Waals surface area contributed by atoms with Gasteiger partial charge in [0.25, 0.3) is 0 Å². The fraction of sp³-hybridized carbons (Fsp3) is 0.538. The maximum Gasteiger partial charge on any atom is 0.418 e. The summed E-state index contributed by atoms with van der Waals surface area (Å²) in [5.41, 5.74) is -0.484. The van der Waals surface area contributed by atoms with E-state index in [2.05, 4.69) is 21.2 Å². The minimum atomic E-state index is -4.35. The van der Waals surface area contributed by atoms with Crippen LogP contribution in [0, 0.1) is 5.92 Å². The average Bonchev–Trinajstić information content (AvgIpc) is 2.25. The molecule has 0 spiro atoms. The zero-order valence-corrected chi connectivity index (χ0v) is 12.2. The van der Waals surface area contributed by atoms with E-state index in [1.165, 1.54) is 6.07 Å². The van der Waals surface area contributed by atoms with Gasteiger partial charge < -0.3 is 5.32 Å². The summed E-state index contributed by atoms with van der Waals surface area (Å²) in [6, 6.07) is 4.23. The third-order valence-corrected chi connectivity index (χ3v) is 3.37. The van der Waals surface area contributed by atoms with Crippen LogP contribution < -0.4 is 5.32 Å². The van der Waals surface area contributed by atoms with Gasteiger partial charge >= 0.3 is 6.18 Å². The number of alkyl halides is 3. The lowest BCUT2D eigenvalue weighted by molar-refractivity contribution is -0.137. The first-order valence-electron chi connectivity index (χ1n) is 5.89. The van der Waals surface area contributed by atoms with Gasteiger partial charge in [0.2, 0.25) is 0 Å². The van der Waals surface area contributed by atoms with Crippen molar-refractivity contribution in [2.75, 3.05) is 5.32 Å². The normalized spacial score (nSPS) is 13.8. The van der Waals surface area contributed by atoms with Crippen LogP contribution in [0.1, 0.15) is 32.8 Å². The fourth-order valence-electron chi connectivity index (χ4n) is 1.82. The highest BCUT2D eigenvalue weighted by atomic mass is 79.9. The zero-order valence-electron chi connectivity index (χ0n) is 10.6. The SMILES string of the molecule is CCC(Nc1ccc(Br)cc1C(F)(F)F)C(C)C. The molecule has 102 valence electrons. The number of halogens is 4. The third kappa shape index (κ3) is 3.90. The molecule has 0 aliphatic rings. The summed E-state index contributed by atoms with van der Waals surface area (Å²) in [4.78, 5) is 0. The lowest BCUT2D eigenvalue weighted by Crippen LogP contribution is -2.26. The van der Waals surface area contributed by atoms with Gasteiger partial charge in [-0.25, -0.2) is 0 Å². The minimum Gasteiger partial charge on any atom is -0.382 e. The summed E-state index contributed by atoms with van der Waals surface area (Å²) in [6.07, 6.45) is -3.56. The quantitative estimate of drug-likeness (QED) is 0.791. The van der Waals surface area contributed by atoms with Crippen molar-refractivity contribution in [1.82, 2.24) is 0 Å². The second-order valence-corrected chi connectivity index (χ2v) is 5.51. The summed E-state index contributed by atoms with van der Waals surface area (Å²) in [5, 5.41) is 2.99. The summed E-state index contributed by atoms with van der Waals surface area (Å²) in [6.45, 7) is 5.95. The van der Waals surface area contributed by atoms with Crippen LogP contribution in [-0.2, 0) is 6.18 Å². The number of hydrogen-bond donors (Lipinski definition) is 1. The highest BCUT2D eigenvalue weighted by Crippen LogP contribution is 2.37. The molecule has 1 rings (SSSR count). The van der Waals surface area contributed by atoms with Gasteiger partial charge in [0, 0.05) is 16.2 Å². The van der Waals surface area contributed by atoms with Crippen molar-refractivity contribution in [2.45, 2.75) is 39.4 Å². The van der Waals surface area contributed by atoms with Gasteiger partial charge in [-0.3, -0.25) is 0 Å². The molecule has 0 bridgehead atoms. The summed E-state index contributed by atoms with van der Waals surface area (Å²) in [7, 11) is 0. The first-order chi connectivity index (χ1) is 8.25. The van der Waals surface area contributed by atoms with Crippen molar-refractivity contribution in [1.29, 1.82) is 0 Å². The number of hydrogen-bond acceptors (Lipinski definition) is 1. The van der Waals surface area contributed by atoms with Crippen LogP contribution in [0.3, 0.4) is 0 Å². The smallest absolute Gasteiger partial charge is 0.382 e. The van der Waals surface area contributed by atoms with Gasteiger partial charge in [0.1, 0.15) is 0 Å². The largest absolute Gasteiger partial charge is 0.418 e. The summed E-state index contributed by atoms with van der Waals surface area (Å²) >= 11 is 3.07. The molecule has 0 saturated carbocycles. The third-order valence-electron chi connectivity index (χ3n) is 2.87. The topological polar surface area (TPSA) is 12.0 Å². The van der Waals surface area contributed by atoms with Gasteiger partial charge in [-0.1, -0.05) is 36.7 Å². The van der Waals surface area contributed by atoms with Crippen molar-refractivity contribution in [3.05, 3.63) is 28.2 Å². The van der Waals surface area contributed by atoms with E-state index in [4.69, 9.17) is 0 Å². The Hall–Kier alpha value is -0.710. The second kappa shape index (κ2) is 5.95. The molecule has 0 radical (unpaired) electrons. The molecule has 0 aromatic heterocycles. The van der Waals surface area contributed by atoms with E-state index < -0.39 is 11.7 Å². The molecule has 1 aromatic rings. The molecule has 0 aliphatic carbocycles. The van der Waals surface area contributed by atoms with Gasteiger partial charge in [-0.2, -0.15) is 13.2 Å². The lowest BCUT2D eigenvalue weighted by atomic mass is 10.0. The molecule has 0 aliphatic heterocycles. The molecule has 0 heterocycles. The van der Waals surface area contributed by atoms with Crippen LogP contribution >= 0.6 is 15.9 Å². The van der Waals surface area contributed by atoms with Crippen molar-refractivity contribution in [3.63, 3.8) is 0 Å². The van der Waals surface area contributed by atoms with Crippen molar-refractivity contribution >= 4 is 21.6 Å². The Kier molecular flexibility index (Phi) is 5.08. The van der Waals surface area contributed by atoms with Crippen LogP contribution in [0.25, 0.3) is 0 Å². The van der Waals surface area contributed by atoms with Gasteiger partial charge in [-0.05, 0) is 30.5 Å². The fourth-order valence-corrected chi connectivity index (χ4v) is 2.18. The maximum absolute atomic E-state index is 12.9. The van der Waals surface area contributed by atoms with Crippen LogP contribution in [0.2, 0.25) is 0 Å². The molecule has 0 amide bonds. The highest BCUT2D eigenvalue weighted by molar-refractivity contribution is 9.10. The standard InChI is InChI=1S/C13H17BrF3N/c1-4-11(8(2)3)18-12-6-5-9(14)7-10(12)13(15,16)17/h5-8,11,18H,4H2,1-3H3. The monoisotopic (exact) mass is 323 g/mol. The first-order valence-corrected chi connectivity index (χ1v) is 6.68. The summed E-state index contributed by atoms with van der Waals surface area (Å²) in [5.74, 6) is 0.278. The van der Waals surface area contributed by atoms with Gasteiger partial charge in [0.05, 0.1) is 5.56 Å². The van der Waals surface area contributed by atoms with Crippen LogP contribution in [0.5, 0.6) is 0 Å². The average molecular weight is 324 g/mol. The molecule has 0 saturated heterocycles. The van der Waals surface area contributed by atoms with E-state index in [9.17, 15) is 13.2 Å². The molecular weight excluding hydrogens is 307 g/mol. The minimum absolute atomic E-state index is 0.0345. The molecule has 1 atom stereocenters. The molecule has 1 aromatic carbocycles. The Morgan fingerprint density at radius 2 is 1.89 bits per heavy atom. The predicted octanol–water partition coefficient (Wildman–Crippen LogP) is 5.31. The van der Waals surface area contributed by atoms with Gasteiger partial charge in [0.15, 0.2) is 0 Å². The van der Waals surface area contributed by atoms with Crippen LogP contribution in [0.4, 0.5) is 18.9 Å². The Balaban J connectivity index is 3.09. The maximum atomic E-state index is 12.9. The van der Waals surface area contributed by atoms with Crippen molar-refractivity contribution in [2.24, 2.45) is 5.92 Å². The van der Waals surface area contributed by atoms with E-state index in [1.54, 1.807) is 6.07 Å². The molecule has 1 nitrogen and oxygen atoms in total. The lowest BCUT2D eigenvalue weighted by Gasteiger charge is -2.24. The Labute approximate surface area is 114 Å². The molecule has 5 heteroatoms. The van der Waals surface area contributed by atoms with Crippen molar-refractivity contribution in [3.8, 4) is 0 Å². The number of anilines is 1. The molecule has 1 unspecified atom stereocenters. The predicted molar refractivity (Wildman–Crippen MR) is 71.7 cm³/mol. The zero-order chi connectivity index (χ0) is 13.9. The first kappa shape index (κ1) is 15.3. The number of benzene rings is 1. The van der Waals surface area contributed by atoms with E-state index in [1.807, 2.05) is 20.8 Å². The number of rotatable bonds is 4.